The third kappa shape index (κ3) is 6.18. The molecule has 0 spiro atoms. The molecule has 0 aliphatic rings. The first-order valence-corrected chi connectivity index (χ1v) is 7.60. The molecule has 0 radical (unpaired) electrons. The number of rotatable bonds is 10. The Morgan fingerprint density at radius 1 is 1.15 bits per heavy atom. The minimum atomic E-state index is -0.537. The lowest BCUT2D eigenvalue weighted by Crippen LogP contribution is -2.22. The van der Waals surface area contributed by atoms with Gasteiger partial charge in [-0.25, -0.2) is 4.79 Å². The first kappa shape index (κ1) is 16.7. The minimum Gasteiger partial charge on any atom is -0.292 e. The summed E-state index contributed by atoms with van der Waals surface area (Å²) in [6.45, 7) is 0.490. The largest absolute Gasteiger partial charge is 0.347 e. The van der Waals surface area contributed by atoms with E-state index in [1.54, 1.807) is 0 Å². The number of nitro groups is 1. The van der Waals surface area contributed by atoms with Crippen LogP contribution in [-0.2, 0) is 6.54 Å². The second-order valence-electron chi connectivity index (χ2n) is 4.74. The second kappa shape index (κ2) is 9.52. The molecule has 0 amide bonds. The Labute approximate surface area is 123 Å². The van der Waals surface area contributed by atoms with Crippen LogP contribution in [0.5, 0.6) is 0 Å². The van der Waals surface area contributed by atoms with Crippen LogP contribution in [0.25, 0.3) is 0 Å². The van der Waals surface area contributed by atoms with Gasteiger partial charge in [-0.1, -0.05) is 32.1 Å². The molecule has 0 aliphatic heterocycles. The van der Waals surface area contributed by atoms with Crippen molar-refractivity contribution in [1.29, 1.82) is 0 Å². The maximum absolute atomic E-state index is 11.5. The fourth-order valence-corrected chi connectivity index (χ4v) is 2.20. The Morgan fingerprint density at radius 2 is 1.75 bits per heavy atom. The van der Waals surface area contributed by atoms with E-state index in [0.717, 1.165) is 37.6 Å². The lowest BCUT2D eigenvalue weighted by molar-refractivity contribution is -0.385. The number of nitrogens with zero attached hydrogens (tertiary/aromatic N) is 3. The fraction of sp³-hybridized carbons (Fsp3) is 0.692. The molecule has 6 nitrogen and oxygen atoms in total. The Hall–Kier alpha value is -1.37. The summed E-state index contributed by atoms with van der Waals surface area (Å²) >= 11 is 4.17. The van der Waals surface area contributed by atoms with Gasteiger partial charge in [-0.3, -0.25) is 14.7 Å². The summed E-state index contributed by atoms with van der Waals surface area (Å²) in [4.78, 5) is 25.0. The van der Waals surface area contributed by atoms with E-state index in [9.17, 15) is 14.9 Å². The van der Waals surface area contributed by atoms with Crippen molar-refractivity contribution in [3.05, 3.63) is 33.0 Å². The first-order valence-electron chi connectivity index (χ1n) is 6.97. The van der Waals surface area contributed by atoms with Crippen LogP contribution >= 0.6 is 12.6 Å². The molecule has 1 aromatic rings. The smallest absolute Gasteiger partial charge is 0.292 e. The van der Waals surface area contributed by atoms with Gasteiger partial charge in [0, 0.05) is 6.54 Å². The predicted molar refractivity (Wildman–Crippen MR) is 81.3 cm³/mol. The van der Waals surface area contributed by atoms with Gasteiger partial charge in [0.05, 0.1) is 11.1 Å². The van der Waals surface area contributed by atoms with Crippen LogP contribution in [0.15, 0.2) is 17.2 Å². The number of unbranched alkanes of at least 4 members (excludes halogenated alkanes) is 6. The van der Waals surface area contributed by atoms with E-state index in [0.29, 0.717) is 6.54 Å². The van der Waals surface area contributed by atoms with E-state index in [1.165, 1.54) is 30.0 Å². The minimum absolute atomic E-state index is 0.142. The maximum atomic E-state index is 11.5. The van der Waals surface area contributed by atoms with Gasteiger partial charge in [0.1, 0.15) is 6.20 Å². The molecule has 0 aromatic carbocycles. The summed E-state index contributed by atoms with van der Waals surface area (Å²) in [5.74, 6) is 0.947. The molecular formula is C13H21N3O3S. The summed E-state index contributed by atoms with van der Waals surface area (Å²) in [7, 11) is 0. The summed E-state index contributed by atoms with van der Waals surface area (Å²) < 4.78 is 1.32. The Morgan fingerprint density at radius 3 is 2.35 bits per heavy atom. The molecule has 1 rings (SSSR count). The molecule has 20 heavy (non-hydrogen) atoms. The van der Waals surface area contributed by atoms with Crippen LogP contribution in [0.1, 0.15) is 44.9 Å². The molecular weight excluding hydrogens is 278 g/mol. The van der Waals surface area contributed by atoms with E-state index in [4.69, 9.17) is 0 Å². The lowest BCUT2D eigenvalue weighted by atomic mass is 10.1. The summed E-state index contributed by atoms with van der Waals surface area (Å²) in [5, 5.41) is 10.6. The number of hydrogen-bond donors (Lipinski definition) is 1. The van der Waals surface area contributed by atoms with Crippen LogP contribution in [0.2, 0.25) is 0 Å². The molecule has 0 fully saturated rings. The SMILES string of the molecule is O=c1ncc([N+](=O)[O-])cn1CCCCCCCCCS. The highest BCUT2D eigenvalue weighted by Gasteiger charge is 2.08. The molecule has 0 saturated heterocycles. The number of aromatic nitrogens is 2. The van der Waals surface area contributed by atoms with Gasteiger partial charge in [-0.2, -0.15) is 17.6 Å². The van der Waals surface area contributed by atoms with Crippen molar-refractivity contribution in [3.63, 3.8) is 0 Å². The van der Waals surface area contributed by atoms with Crippen molar-refractivity contribution in [2.45, 2.75) is 51.5 Å². The van der Waals surface area contributed by atoms with Gasteiger partial charge in [0.15, 0.2) is 0 Å². The van der Waals surface area contributed by atoms with Crippen LogP contribution < -0.4 is 5.69 Å². The highest BCUT2D eigenvalue weighted by molar-refractivity contribution is 7.80. The topological polar surface area (TPSA) is 78.0 Å². The highest BCUT2D eigenvalue weighted by atomic mass is 32.1. The van der Waals surface area contributed by atoms with Crippen molar-refractivity contribution in [3.8, 4) is 0 Å². The van der Waals surface area contributed by atoms with Crippen LogP contribution in [-0.4, -0.2) is 20.2 Å². The van der Waals surface area contributed by atoms with Crippen LogP contribution in [0, 0.1) is 10.1 Å². The van der Waals surface area contributed by atoms with Crippen molar-refractivity contribution in [2.24, 2.45) is 0 Å². The van der Waals surface area contributed by atoms with Crippen molar-refractivity contribution in [2.75, 3.05) is 5.75 Å². The number of thiol groups is 1. The molecule has 1 aromatic heterocycles. The van der Waals surface area contributed by atoms with Gasteiger partial charge < -0.3 is 0 Å². The van der Waals surface area contributed by atoms with Crippen molar-refractivity contribution >= 4 is 18.3 Å². The standard InChI is InChI=1S/C13H21N3O3S/c17-13-14-10-12(16(18)19)11-15(13)8-6-4-2-1-3-5-7-9-20/h10-11,20H,1-9H2. The first-order chi connectivity index (χ1) is 9.65. The number of aryl methyl sites for hydroxylation is 1. The van der Waals surface area contributed by atoms with E-state index in [1.807, 2.05) is 0 Å². The summed E-state index contributed by atoms with van der Waals surface area (Å²) in [6.07, 6.45) is 10.1. The summed E-state index contributed by atoms with van der Waals surface area (Å²) in [6, 6.07) is 0. The van der Waals surface area contributed by atoms with Crippen LogP contribution in [0.4, 0.5) is 5.69 Å². The van der Waals surface area contributed by atoms with E-state index < -0.39 is 10.6 Å². The Bertz CT molecular complexity index is 476. The third-order valence-electron chi connectivity index (χ3n) is 3.11. The monoisotopic (exact) mass is 299 g/mol. The van der Waals surface area contributed by atoms with Gasteiger partial charge in [-0.05, 0) is 18.6 Å². The molecule has 0 unspecified atom stereocenters. The molecule has 0 bridgehead atoms. The normalized spacial score (nSPS) is 10.7. The zero-order valence-electron chi connectivity index (χ0n) is 11.5. The Balaban J connectivity index is 2.26. The van der Waals surface area contributed by atoms with Gasteiger partial charge in [-0.15, -0.1) is 0 Å². The van der Waals surface area contributed by atoms with Crippen LogP contribution in [0.3, 0.4) is 0 Å². The van der Waals surface area contributed by atoms with Crippen molar-refractivity contribution < 1.29 is 4.92 Å². The average Bonchev–Trinajstić information content (AvgIpc) is 2.43. The molecule has 0 atom stereocenters. The van der Waals surface area contributed by atoms with E-state index >= 15 is 0 Å². The average molecular weight is 299 g/mol. The highest BCUT2D eigenvalue weighted by Crippen LogP contribution is 2.09. The fourth-order valence-electron chi connectivity index (χ4n) is 1.98. The molecule has 7 heteroatoms. The second-order valence-corrected chi connectivity index (χ2v) is 5.19. The number of hydrogen-bond acceptors (Lipinski definition) is 5. The van der Waals surface area contributed by atoms with E-state index in [2.05, 4.69) is 17.6 Å². The molecule has 112 valence electrons. The predicted octanol–water partition coefficient (Wildman–Crippen LogP) is 2.81. The zero-order valence-corrected chi connectivity index (χ0v) is 12.4. The third-order valence-corrected chi connectivity index (χ3v) is 3.43. The molecule has 1 heterocycles. The Kier molecular flexibility index (Phi) is 7.94. The van der Waals surface area contributed by atoms with Gasteiger partial charge in [0.25, 0.3) is 0 Å². The lowest BCUT2D eigenvalue weighted by Gasteiger charge is -2.04. The van der Waals surface area contributed by atoms with Gasteiger partial charge >= 0.3 is 11.4 Å². The molecule has 0 N–H and O–H groups in total. The zero-order chi connectivity index (χ0) is 14.8. The molecule has 0 saturated carbocycles. The maximum Gasteiger partial charge on any atom is 0.347 e. The summed E-state index contributed by atoms with van der Waals surface area (Å²) in [5.41, 5.74) is -0.569. The van der Waals surface area contributed by atoms with Gasteiger partial charge in [0.2, 0.25) is 0 Å². The van der Waals surface area contributed by atoms with Crippen molar-refractivity contribution in [1.82, 2.24) is 9.55 Å². The quantitative estimate of drug-likeness (QED) is 0.312. The molecule has 0 aliphatic carbocycles. The van der Waals surface area contributed by atoms with E-state index in [-0.39, 0.29) is 5.69 Å².